The second-order valence-electron chi connectivity index (χ2n) is 5.23. The molecule has 0 heterocycles. The van der Waals surface area contributed by atoms with Crippen LogP contribution < -0.4 is 14.8 Å². The van der Waals surface area contributed by atoms with Gasteiger partial charge < -0.3 is 14.8 Å². The molecule has 6 heteroatoms. The Hall–Kier alpha value is -2.89. The molecule has 132 valence electrons. The topological polar surface area (TPSA) is 47.6 Å². The standard InChI is InChI=1S/C19H19F2NO3/c1-24-17-7-3-13(11-18(17)25-2)9-10-22-19(23)8-4-14-12-15(20)5-6-16(14)21/h3-8,11-12H,9-10H2,1-2H3,(H,22,23)/b8-4+. The predicted octanol–water partition coefficient (Wildman–Crippen LogP) is 3.35. The van der Waals surface area contributed by atoms with E-state index < -0.39 is 11.6 Å². The third-order valence-electron chi connectivity index (χ3n) is 3.53. The summed E-state index contributed by atoms with van der Waals surface area (Å²) in [5, 5.41) is 2.69. The largest absolute Gasteiger partial charge is 0.493 e. The average Bonchev–Trinajstić information content (AvgIpc) is 2.62. The smallest absolute Gasteiger partial charge is 0.244 e. The number of methoxy groups -OCH3 is 2. The van der Waals surface area contributed by atoms with Gasteiger partial charge in [0.25, 0.3) is 0 Å². The quantitative estimate of drug-likeness (QED) is 0.782. The van der Waals surface area contributed by atoms with E-state index >= 15 is 0 Å². The molecule has 0 unspecified atom stereocenters. The van der Waals surface area contributed by atoms with Crippen LogP contribution in [0.25, 0.3) is 6.08 Å². The zero-order valence-electron chi connectivity index (χ0n) is 14.0. The fourth-order valence-corrected chi connectivity index (χ4v) is 2.23. The molecule has 0 fully saturated rings. The van der Waals surface area contributed by atoms with Gasteiger partial charge in [0.2, 0.25) is 5.91 Å². The van der Waals surface area contributed by atoms with Gasteiger partial charge in [0.05, 0.1) is 14.2 Å². The first-order valence-corrected chi connectivity index (χ1v) is 7.65. The maximum atomic E-state index is 13.5. The lowest BCUT2D eigenvalue weighted by Crippen LogP contribution is -2.23. The van der Waals surface area contributed by atoms with E-state index in [1.807, 2.05) is 12.1 Å². The normalized spacial score (nSPS) is 10.7. The Labute approximate surface area is 145 Å². The summed E-state index contributed by atoms with van der Waals surface area (Å²) in [5.41, 5.74) is 0.994. The molecule has 1 amide bonds. The van der Waals surface area contributed by atoms with Crippen molar-refractivity contribution in [2.75, 3.05) is 20.8 Å². The highest BCUT2D eigenvalue weighted by Gasteiger charge is 2.05. The number of amides is 1. The van der Waals surface area contributed by atoms with Crippen LogP contribution in [0.1, 0.15) is 11.1 Å². The van der Waals surface area contributed by atoms with Gasteiger partial charge in [-0.05, 0) is 48.4 Å². The minimum atomic E-state index is -0.587. The van der Waals surface area contributed by atoms with Crippen molar-refractivity contribution in [3.63, 3.8) is 0 Å². The first-order chi connectivity index (χ1) is 12.0. The van der Waals surface area contributed by atoms with Gasteiger partial charge in [0.1, 0.15) is 11.6 Å². The van der Waals surface area contributed by atoms with Crippen LogP contribution in [0.3, 0.4) is 0 Å². The van der Waals surface area contributed by atoms with E-state index in [0.29, 0.717) is 24.5 Å². The highest BCUT2D eigenvalue weighted by molar-refractivity contribution is 5.91. The molecule has 0 aliphatic carbocycles. The summed E-state index contributed by atoms with van der Waals surface area (Å²) in [5.74, 6) is -0.280. The Balaban J connectivity index is 1.88. The van der Waals surface area contributed by atoms with E-state index in [1.165, 1.54) is 12.2 Å². The Morgan fingerprint density at radius 1 is 1.08 bits per heavy atom. The number of benzene rings is 2. The SMILES string of the molecule is COc1ccc(CCNC(=O)/C=C/c2cc(F)ccc2F)cc1OC. The highest BCUT2D eigenvalue weighted by atomic mass is 19.1. The number of carbonyl (C=O) groups is 1. The molecule has 0 atom stereocenters. The van der Waals surface area contributed by atoms with Gasteiger partial charge in [0, 0.05) is 18.2 Å². The number of hydrogen-bond donors (Lipinski definition) is 1. The van der Waals surface area contributed by atoms with Gasteiger partial charge in [-0.1, -0.05) is 6.07 Å². The van der Waals surface area contributed by atoms with E-state index in [2.05, 4.69) is 5.32 Å². The van der Waals surface area contributed by atoms with Crippen LogP contribution in [-0.4, -0.2) is 26.7 Å². The summed E-state index contributed by atoms with van der Waals surface area (Å²) in [6.07, 6.45) is 3.00. The minimum Gasteiger partial charge on any atom is -0.493 e. The van der Waals surface area contributed by atoms with Gasteiger partial charge in [-0.25, -0.2) is 8.78 Å². The van der Waals surface area contributed by atoms with Crippen LogP contribution in [0.15, 0.2) is 42.5 Å². The molecule has 4 nitrogen and oxygen atoms in total. The Morgan fingerprint density at radius 3 is 2.56 bits per heavy atom. The second-order valence-corrected chi connectivity index (χ2v) is 5.23. The minimum absolute atomic E-state index is 0.0232. The molecule has 0 saturated carbocycles. The molecular weight excluding hydrogens is 328 g/mol. The number of carbonyl (C=O) groups excluding carboxylic acids is 1. The molecule has 0 radical (unpaired) electrons. The first-order valence-electron chi connectivity index (χ1n) is 7.65. The van der Waals surface area contributed by atoms with Crippen LogP contribution in [0, 0.1) is 11.6 Å². The van der Waals surface area contributed by atoms with Crippen LogP contribution in [-0.2, 0) is 11.2 Å². The number of halogens is 2. The van der Waals surface area contributed by atoms with Crippen molar-refractivity contribution in [3.8, 4) is 11.5 Å². The Morgan fingerprint density at radius 2 is 1.84 bits per heavy atom. The molecule has 2 aromatic carbocycles. The van der Waals surface area contributed by atoms with Crippen LogP contribution in [0.5, 0.6) is 11.5 Å². The molecule has 1 N–H and O–H groups in total. The maximum Gasteiger partial charge on any atom is 0.244 e. The summed E-state index contributed by atoms with van der Waals surface area (Å²) in [6.45, 7) is 0.393. The third kappa shape index (κ3) is 5.31. The van der Waals surface area contributed by atoms with E-state index in [9.17, 15) is 13.6 Å². The lowest BCUT2D eigenvalue weighted by atomic mass is 10.1. The third-order valence-corrected chi connectivity index (χ3v) is 3.53. The Bertz CT molecular complexity index is 775. The predicted molar refractivity (Wildman–Crippen MR) is 91.7 cm³/mol. The molecule has 0 aromatic heterocycles. The second kappa shape index (κ2) is 8.82. The monoisotopic (exact) mass is 347 g/mol. The van der Waals surface area contributed by atoms with Gasteiger partial charge in [0.15, 0.2) is 11.5 Å². The maximum absolute atomic E-state index is 13.5. The van der Waals surface area contributed by atoms with Crippen molar-refractivity contribution < 1.29 is 23.0 Å². The van der Waals surface area contributed by atoms with Crippen molar-refractivity contribution in [1.29, 1.82) is 0 Å². The van der Waals surface area contributed by atoms with Crippen LogP contribution in [0.2, 0.25) is 0 Å². The number of hydrogen-bond acceptors (Lipinski definition) is 3. The zero-order chi connectivity index (χ0) is 18.2. The van der Waals surface area contributed by atoms with Crippen molar-refractivity contribution in [2.24, 2.45) is 0 Å². The van der Waals surface area contributed by atoms with Gasteiger partial charge >= 0.3 is 0 Å². The fraction of sp³-hybridized carbons (Fsp3) is 0.211. The van der Waals surface area contributed by atoms with Gasteiger partial charge in [-0.2, -0.15) is 0 Å². The number of ether oxygens (including phenoxy) is 2. The van der Waals surface area contributed by atoms with E-state index in [-0.39, 0.29) is 11.5 Å². The van der Waals surface area contributed by atoms with Crippen LogP contribution >= 0.6 is 0 Å². The summed E-state index contributed by atoms with van der Waals surface area (Å²) < 4.78 is 36.9. The average molecular weight is 347 g/mol. The molecule has 0 spiro atoms. The summed E-state index contributed by atoms with van der Waals surface area (Å²) in [4.78, 5) is 11.8. The van der Waals surface area contributed by atoms with Crippen molar-refractivity contribution >= 4 is 12.0 Å². The van der Waals surface area contributed by atoms with E-state index in [0.717, 1.165) is 23.8 Å². The summed E-state index contributed by atoms with van der Waals surface area (Å²) in [7, 11) is 3.12. The molecule has 0 aliphatic heterocycles. The van der Waals surface area contributed by atoms with E-state index in [1.54, 1.807) is 20.3 Å². The molecule has 25 heavy (non-hydrogen) atoms. The molecular formula is C19H19F2NO3. The highest BCUT2D eigenvalue weighted by Crippen LogP contribution is 2.27. The van der Waals surface area contributed by atoms with Crippen molar-refractivity contribution in [3.05, 3.63) is 65.2 Å². The van der Waals surface area contributed by atoms with Gasteiger partial charge in [-0.15, -0.1) is 0 Å². The number of rotatable bonds is 7. The fourth-order valence-electron chi connectivity index (χ4n) is 2.23. The molecule has 0 bridgehead atoms. The molecule has 2 rings (SSSR count). The van der Waals surface area contributed by atoms with Crippen molar-refractivity contribution in [2.45, 2.75) is 6.42 Å². The summed E-state index contributed by atoms with van der Waals surface area (Å²) >= 11 is 0. The lowest BCUT2D eigenvalue weighted by molar-refractivity contribution is -0.116. The van der Waals surface area contributed by atoms with Crippen molar-refractivity contribution in [1.82, 2.24) is 5.32 Å². The molecule has 2 aromatic rings. The van der Waals surface area contributed by atoms with Gasteiger partial charge in [-0.3, -0.25) is 4.79 Å². The zero-order valence-corrected chi connectivity index (χ0v) is 14.0. The van der Waals surface area contributed by atoms with E-state index in [4.69, 9.17) is 9.47 Å². The summed E-state index contributed by atoms with van der Waals surface area (Å²) in [6, 6.07) is 8.58. The first kappa shape index (κ1) is 18.4. The molecule has 0 aliphatic rings. The molecule has 0 saturated heterocycles. The lowest BCUT2D eigenvalue weighted by Gasteiger charge is -2.09. The van der Waals surface area contributed by atoms with Crippen LogP contribution in [0.4, 0.5) is 8.78 Å². The number of nitrogens with one attached hydrogen (secondary N) is 1. The Kier molecular flexibility index (Phi) is 6.51.